The van der Waals surface area contributed by atoms with Gasteiger partial charge >= 0.3 is 6.18 Å². The summed E-state index contributed by atoms with van der Waals surface area (Å²) in [6.45, 7) is 0.483. The van der Waals surface area contributed by atoms with E-state index in [1.165, 1.54) is 0 Å². The second-order valence-electron chi connectivity index (χ2n) is 3.83. The molecule has 8 heteroatoms. The molecule has 1 aromatic heterocycles. The Morgan fingerprint density at radius 3 is 2.42 bits per heavy atom. The van der Waals surface area contributed by atoms with E-state index in [0.717, 1.165) is 5.56 Å². The van der Waals surface area contributed by atoms with E-state index >= 15 is 0 Å². The van der Waals surface area contributed by atoms with E-state index in [1.54, 1.807) is 12.1 Å². The molecule has 0 aliphatic heterocycles. The van der Waals surface area contributed by atoms with E-state index in [1.807, 2.05) is 12.1 Å². The summed E-state index contributed by atoms with van der Waals surface area (Å²) in [5, 5.41) is 8.58. The molecule has 0 saturated carbocycles. The van der Waals surface area contributed by atoms with Gasteiger partial charge in [-0.15, -0.1) is 10.2 Å². The highest BCUT2D eigenvalue weighted by Gasteiger charge is 2.35. The fraction of sp³-hybridized carbons (Fsp3) is 0.273. The van der Waals surface area contributed by atoms with Gasteiger partial charge < -0.3 is 11.1 Å². The van der Waals surface area contributed by atoms with E-state index in [9.17, 15) is 13.2 Å². The lowest BCUT2D eigenvalue weighted by Gasteiger charge is -2.03. The number of hydrogen-bond donors (Lipinski definition) is 2. The molecule has 0 amide bonds. The van der Waals surface area contributed by atoms with E-state index in [-0.39, 0.29) is 5.13 Å². The summed E-state index contributed by atoms with van der Waals surface area (Å²) in [7, 11) is 0. The third kappa shape index (κ3) is 3.82. The zero-order valence-electron chi connectivity index (χ0n) is 9.74. The Labute approximate surface area is 111 Å². The molecule has 0 spiro atoms. The van der Waals surface area contributed by atoms with Crippen LogP contribution in [-0.4, -0.2) is 16.7 Å². The molecule has 2 aromatic rings. The van der Waals surface area contributed by atoms with Crippen LogP contribution in [0.3, 0.4) is 0 Å². The first-order valence-electron chi connectivity index (χ1n) is 5.44. The van der Waals surface area contributed by atoms with Crippen LogP contribution in [0.5, 0.6) is 0 Å². The fourth-order valence-corrected chi connectivity index (χ4v) is 2.04. The molecule has 0 radical (unpaired) electrons. The average molecular weight is 288 g/mol. The highest BCUT2D eigenvalue weighted by Crippen LogP contribution is 2.32. The summed E-state index contributed by atoms with van der Waals surface area (Å²) < 4.78 is 36.9. The van der Waals surface area contributed by atoms with Crippen molar-refractivity contribution in [3.05, 3.63) is 34.8 Å². The summed E-state index contributed by atoms with van der Waals surface area (Å²) >= 11 is 0.499. The fourth-order valence-electron chi connectivity index (χ4n) is 1.41. The number of halogens is 3. The maximum atomic E-state index is 12.3. The highest BCUT2D eigenvalue weighted by molar-refractivity contribution is 7.15. The number of nitrogen functional groups attached to an aromatic ring is 1. The van der Waals surface area contributed by atoms with Gasteiger partial charge in [-0.3, -0.25) is 0 Å². The number of nitrogens with one attached hydrogen (secondary N) is 1. The van der Waals surface area contributed by atoms with E-state index in [0.29, 0.717) is 30.0 Å². The van der Waals surface area contributed by atoms with Gasteiger partial charge in [-0.05, 0) is 24.1 Å². The number of anilines is 2. The largest absolute Gasteiger partial charge is 0.445 e. The van der Waals surface area contributed by atoms with Gasteiger partial charge in [0.15, 0.2) is 0 Å². The van der Waals surface area contributed by atoms with Gasteiger partial charge in [-0.1, -0.05) is 23.5 Å². The molecule has 0 atom stereocenters. The molecule has 1 aromatic carbocycles. The van der Waals surface area contributed by atoms with E-state index in [4.69, 9.17) is 5.73 Å². The van der Waals surface area contributed by atoms with Gasteiger partial charge in [-0.2, -0.15) is 13.2 Å². The number of aromatic nitrogens is 2. The maximum Gasteiger partial charge on any atom is 0.445 e. The summed E-state index contributed by atoms with van der Waals surface area (Å²) in [6.07, 6.45) is -3.77. The zero-order valence-corrected chi connectivity index (χ0v) is 10.6. The van der Waals surface area contributed by atoms with Gasteiger partial charge in [-0.25, -0.2) is 0 Å². The quantitative estimate of drug-likeness (QED) is 0.849. The predicted molar refractivity (Wildman–Crippen MR) is 68.0 cm³/mol. The Morgan fingerprint density at radius 1 is 1.16 bits per heavy atom. The lowest BCUT2D eigenvalue weighted by molar-refractivity contribution is -0.138. The van der Waals surface area contributed by atoms with E-state index in [2.05, 4.69) is 15.5 Å². The van der Waals surface area contributed by atoms with Crippen molar-refractivity contribution in [3.63, 3.8) is 0 Å². The van der Waals surface area contributed by atoms with Crippen LogP contribution in [0.25, 0.3) is 0 Å². The number of hydrogen-bond acceptors (Lipinski definition) is 5. The van der Waals surface area contributed by atoms with Crippen molar-refractivity contribution in [3.8, 4) is 0 Å². The Hall–Kier alpha value is -1.83. The molecule has 0 aliphatic rings. The van der Waals surface area contributed by atoms with Gasteiger partial charge in [0.05, 0.1) is 0 Å². The molecule has 19 heavy (non-hydrogen) atoms. The molecule has 0 fully saturated rings. The molecule has 4 nitrogen and oxygen atoms in total. The molecular weight excluding hydrogens is 277 g/mol. The first-order valence-corrected chi connectivity index (χ1v) is 6.26. The van der Waals surface area contributed by atoms with Crippen molar-refractivity contribution in [1.29, 1.82) is 0 Å². The number of rotatable bonds is 4. The van der Waals surface area contributed by atoms with Crippen molar-refractivity contribution in [1.82, 2.24) is 10.2 Å². The maximum absolute atomic E-state index is 12.3. The Bertz CT molecular complexity index is 536. The SMILES string of the molecule is Nc1ccc(CCNc2nnc(C(F)(F)F)s2)cc1. The second kappa shape index (κ2) is 5.43. The first-order chi connectivity index (χ1) is 8.95. The number of nitrogens with zero attached hydrogens (tertiary/aromatic N) is 2. The van der Waals surface area contributed by atoms with Crippen LogP contribution in [0, 0.1) is 0 Å². The Balaban J connectivity index is 1.86. The molecular formula is C11H11F3N4S. The van der Waals surface area contributed by atoms with Crippen LogP contribution in [0.15, 0.2) is 24.3 Å². The second-order valence-corrected chi connectivity index (χ2v) is 4.81. The summed E-state index contributed by atoms with van der Waals surface area (Å²) in [4.78, 5) is 0. The van der Waals surface area contributed by atoms with Gasteiger partial charge in [0, 0.05) is 12.2 Å². The van der Waals surface area contributed by atoms with Crippen molar-refractivity contribution in [2.45, 2.75) is 12.6 Å². The van der Waals surface area contributed by atoms with Crippen LogP contribution >= 0.6 is 11.3 Å². The summed E-state index contributed by atoms with van der Waals surface area (Å²) in [5.41, 5.74) is 7.27. The molecule has 3 N–H and O–H groups in total. The lowest BCUT2D eigenvalue weighted by Crippen LogP contribution is -2.04. The highest BCUT2D eigenvalue weighted by atomic mass is 32.1. The normalized spacial score (nSPS) is 11.5. The van der Waals surface area contributed by atoms with Crippen LogP contribution in [0.2, 0.25) is 0 Å². The van der Waals surface area contributed by atoms with Crippen molar-refractivity contribution < 1.29 is 13.2 Å². The summed E-state index contributed by atoms with van der Waals surface area (Å²) in [6, 6.07) is 7.31. The van der Waals surface area contributed by atoms with Gasteiger partial charge in [0.1, 0.15) is 0 Å². The van der Waals surface area contributed by atoms with Crippen molar-refractivity contribution >= 4 is 22.2 Å². The third-order valence-corrected chi connectivity index (χ3v) is 3.26. The molecule has 0 bridgehead atoms. The van der Waals surface area contributed by atoms with Crippen LogP contribution in [-0.2, 0) is 12.6 Å². The average Bonchev–Trinajstić information content (AvgIpc) is 2.80. The Kier molecular flexibility index (Phi) is 3.89. The minimum Gasteiger partial charge on any atom is -0.399 e. The number of benzene rings is 1. The molecule has 2 rings (SSSR count). The zero-order chi connectivity index (χ0) is 13.9. The van der Waals surface area contributed by atoms with Crippen molar-refractivity contribution in [2.24, 2.45) is 0 Å². The van der Waals surface area contributed by atoms with Gasteiger partial charge in [0.2, 0.25) is 10.1 Å². The number of alkyl halides is 3. The first kappa shape index (κ1) is 13.6. The molecule has 0 aliphatic carbocycles. The lowest BCUT2D eigenvalue weighted by atomic mass is 10.1. The minimum absolute atomic E-state index is 0.169. The minimum atomic E-state index is -4.44. The summed E-state index contributed by atoms with van der Waals surface area (Å²) in [5.74, 6) is 0. The standard InChI is InChI=1S/C11H11F3N4S/c12-11(13,14)9-17-18-10(19-9)16-6-5-7-1-3-8(15)4-2-7/h1-4H,5-6,15H2,(H,16,18). The topological polar surface area (TPSA) is 63.8 Å². The van der Waals surface area contributed by atoms with Crippen LogP contribution in [0.1, 0.15) is 10.6 Å². The Morgan fingerprint density at radius 2 is 1.84 bits per heavy atom. The van der Waals surface area contributed by atoms with E-state index < -0.39 is 11.2 Å². The monoisotopic (exact) mass is 288 g/mol. The molecule has 0 saturated heterocycles. The third-order valence-electron chi connectivity index (χ3n) is 2.34. The van der Waals surface area contributed by atoms with Crippen LogP contribution < -0.4 is 11.1 Å². The molecule has 1 heterocycles. The smallest absolute Gasteiger partial charge is 0.399 e. The molecule has 0 unspecified atom stereocenters. The van der Waals surface area contributed by atoms with Gasteiger partial charge in [0.25, 0.3) is 0 Å². The molecule has 102 valence electrons. The predicted octanol–water partition coefficient (Wildman–Crippen LogP) is 2.79. The van der Waals surface area contributed by atoms with Crippen LogP contribution in [0.4, 0.5) is 24.0 Å². The number of nitrogens with two attached hydrogens (primary N) is 1. The van der Waals surface area contributed by atoms with Crippen molar-refractivity contribution in [2.75, 3.05) is 17.6 Å².